The molecule has 0 bridgehead atoms. The van der Waals surface area contributed by atoms with Gasteiger partial charge in [-0.1, -0.05) is 27.2 Å². The molecule has 1 aliphatic rings. The third kappa shape index (κ3) is 4.27. The molecule has 0 aromatic heterocycles. The van der Waals surface area contributed by atoms with Crippen molar-refractivity contribution in [2.45, 2.75) is 52.1 Å². The summed E-state index contributed by atoms with van der Waals surface area (Å²) >= 11 is 2.08. The van der Waals surface area contributed by atoms with Gasteiger partial charge in [-0.3, -0.25) is 0 Å². The Morgan fingerprint density at radius 1 is 1.50 bits per heavy atom. The van der Waals surface area contributed by atoms with Gasteiger partial charge in [-0.15, -0.1) is 0 Å². The zero-order valence-corrected chi connectivity index (χ0v) is 12.0. The average Bonchev–Trinajstić information content (AvgIpc) is 2.22. The van der Waals surface area contributed by atoms with Gasteiger partial charge in [-0.25, -0.2) is 0 Å². The maximum absolute atomic E-state index is 5.30. The van der Waals surface area contributed by atoms with Crippen molar-refractivity contribution in [3.63, 3.8) is 0 Å². The lowest BCUT2D eigenvalue weighted by atomic mass is 9.82. The third-order valence-corrected chi connectivity index (χ3v) is 4.62. The summed E-state index contributed by atoms with van der Waals surface area (Å²) in [5.74, 6) is 2.56. The average molecular weight is 245 g/mol. The molecule has 2 unspecified atom stereocenters. The van der Waals surface area contributed by atoms with E-state index < -0.39 is 0 Å². The van der Waals surface area contributed by atoms with Crippen LogP contribution in [0.3, 0.4) is 0 Å². The summed E-state index contributed by atoms with van der Waals surface area (Å²) in [4.78, 5) is 0. The van der Waals surface area contributed by atoms with Crippen LogP contribution in [-0.4, -0.2) is 37.3 Å². The molecular formula is C13H27NOS. The van der Waals surface area contributed by atoms with Crippen LogP contribution in [0.15, 0.2) is 0 Å². The van der Waals surface area contributed by atoms with Crippen molar-refractivity contribution in [2.24, 2.45) is 5.41 Å². The largest absolute Gasteiger partial charge is 0.383 e. The summed E-state index contributed by atoms with van der Waals surface area (Å²) in [5, 5.41) is 3.80. The van der Waals surface area contributed by atoms with Crippen molar-refractivity contribution >= 4 is 11.8 Å². The molecule has 0 amide bonds. The minimum atomic E-state index is 0.435. The van der Waals surface area contributed by atoms with Crippen molar-refractivity contribution in [1.29, 1.82) is 0 Å². The van der Waals surface area contributed by atoms with Crippen LogP contribution in [0.5, 0.6) is 0 Å². The molecule has 0 radical (unpaired) electrons. The lowest BCUT2D eigenvalue weighted by Crippen LogP contribution is -2.51. The van der Waals surface area contributed by atoms with Gasteiger partial charge in [0.2, 0.25) is 0 Å². The number of rotatable bonds is 6. The SMILES string of the molecule is CCCC(COC)NC1CSCCC1(C)C. The first-order valence-electron chi connectivity index (χ1n) is 6.43. The van der Waals surface area contributed by atoms with Crippen molar-refractivity contribution in [2.75, 3.05) is 25.2 Å². The molecule has 0 saturated carbocycles. The molecule has 0 aromatic carbocycles. The van der Waals surface area contributed by atoms with Gasteiger partial charge in [0.1, 0.15) is 0 Å². The topological polar surface area (TPSA) is 21.3 Å². The standard InChI is InChI=1S/C13H27NOS/c1-5-6-11(9-15-4)14-12-10-16-8-7-13(12,2)3/h11-12,14H,5-10H2,1-4H3. The second-order valence-electron chi connectivity index (χ2n) is 5.47. The van der Waals surface area contributed by atoms with Crippen LogP contribution in [0.1, 0.15) is 40.0 Å². The Morgan fingerprint density at radius 3 is 2.81 bits per heavy atom. The van der Waals surface area contributed by atoms with E-state index >= 15 is 0 Å². The van der Waals surface area contributed by atoms with Crippen LogP contribution in [0.2, 0.25) is 0 Å². The Hall–Kier alpha value is 0.270. The Kier molecular flexibility index (Phi) is 6.16. The number of thioether (sulfide) groups is 1. The van der Waals surface area contributed by atoms with Gasteiger partial charge in [0.15, 0.2) is 0 Å². The van der Waals surface area contributed by atoms with Gasteiger partial charge in [0, 0.05) is 24.9 Å². The zero-order valence-electron chi connectivity index (χ0n) is 11.2. The fraction of sp³-hybridized carbons (Fsp3) is 1.00. The summed E-state index contributed by atoms with van der Waals surface area (Å²) in [5.41, 5.74) is 0.435. The summed E-state index contributed by atoms with van der Waals surface area (Å²) in [6, 6.07) is 1.16. The normalized spacial score (nSPS) is 26.6. The van der Waals surface area contributed by atoms with Gasteiger partial charge >= 0.3 is 0 Å². The Bertz CT molecular complexity index is 190. The zero-order chi connectivity index (χ0) is 12.0. The van der Waals surface area contributed by atoms with Gasteiger partial charge in [-0.2, -0.15) is 11.8 Å². The van der Waals surface area contributed by atoms with Gasteiger partial charge in [-0.05, 0) is 24.0 Å². The Labute approximate surface area is 105 Å². The van der Waals surface area contributed by atoms with Crippen molar-refractivity contribution in [3.8, 4) is 0 Å². The van der Waals surface area contributed by atoms with E-state index in [4.69, 9.17) is 4.74 Å². The number of methoxy groups -OCH3 is 1. The highest BCUT2D eigenvalue weighted by molar-refractivity contribution is 7.99. The maximum Gasteiger partial charge on any atom is 0.0615 e. The molecule has 1 aliphatic heterocycles. The van der Waals surface area contributed by atoms with Crippen LogP contribution in [0.4, 0.5) is 0 Å². The Balaban J connectivity index is 2.47. The van der Waals surface area contributed by atoms with Crippen LogP contribution in [-0.2, 0) is 4.74 Å². The molecule has 2 atom stereocenters. The van der Waals surface area contributed by atoms with E-state index in [1.807, 2.05) is 0 Å². The number of hydrogen-bond acceptors (Lipinski definition) is 3. The molecule has 1 heterocycles. The third-order valence-electron chi connectivity index (χ3n) is 3.56. The van der Waals surface area contributed by atoms with E-state index in [2.05, 4.69) is 37.8 Å². The highest BCUT2D eigenvalue weighted by Gasteiger charge is 2.33. The van der Waals surface area contributed by atoms with Gasteiger partial charge in [0.05, 0.1) is 6.61 Å². The molecule has 96 valence electrons. The van der Waals surface area contributed by atoms with E-state index in [0.717, 1.165) is 6.61 Å². The minimum absolute atomic E-state index is 0.435. The van der Waals surface area contributed by atoms with Crippen LogP contribution in [0.25, 0.3) is 0 Å². The number of nitrogens with one attached hydrogen (secondary N) is 1. The van der Waals surface area contributed by atoms with Crippen LogP contribution in [0, 0.1) is 5.41 Å². The second-order valence-corrected chi connectivity index (χ2v) is 6.62. The summed E-state index contributed by atoms with van der Waals surface area (Å²) in [6.45, 7) is 7.86. The summed E-state index contributed by atoms with van der Waals surface area (Å²) in [6.07, 6.45) is 3.76. The van der Waals surface area contributed by atoms with E-state index in [-0.39, 0.29) is 0 Å². The highest BCUT2D eigenvalue weighted by Crippen LogP contribution is 2.34. The second kappa shape index (κ2) is 6.87. The van der Waals surface area contributed by atoms with E-state index in [0.29, 0.717) is 17.5 Å². The quantitative estimate of drug-likeness (QED) is 0.777. The van der Waals surface area contributed by atoms with Crippen molar-refractivity contribution < 1.29 is 4.74 Å². The first kappa shape index (κ1) is 14.3. The molecule has 1 rings (SSSR count). The van der Waals surface area contributed by atoms with E-state index in [9.17, 15) is 0 Å². The van der Waals surface area contributed by atoms with Crippen LogP contribution >= 0.6 is 11.8 Å². The first-order valence-corrected chi connectivity index (χ1v) is 7.58. The molecule has 0 aliphatic carbocycles. The lowest BCUT2D eigenvalue weighted by Gasteiger charge is -2.40. The molecule has 1 fully saturated rings. The van der Waals surface area contributed by atoms with Crippen LogP contribution < -0.4 is 5.32 Å². The predicted octanol–water partition coefficient (Wildman–Crippen LogP) is 2.92. The first-order chi connectivity index (χ1) is 7.60. The van der Waals surface area contributed by atoms with Crippen molar-refractivity contribution in [1.82, 2.24) is 5.32 Å². The lowest BCUT2D eigenvalue weighted by molar-refractivity contribution is 0.137. The Morgan fingerprint density at radius 2 is 2.25 bits per heavy atom. The molecule has 0 aromatic rings. The molecule has 1 saturated heterocycles. The van der Waals surface area contributed by atoms with E-state index in [1.165, 1.54) is 30.8 Å². The highest BCUT2D eigenvalue weighted by atomic mass is 32.2. The summed E-state index contributed by atoms with van der Waals surface area (Å²) < 4.78 is 5.30. The van der Waals surface area contributed by atoms with Crippen molar-refractivity contribution in [3.05, 3.63) is 0 Å². The molecule has 3 heteroatoms. The molecule has 16 heavy (non-hydrogen) atoms. The fourth-order valence-corrected chi connectivity index (χ4v) is 3.88. The molecule has 1 N–H and O–H groups in total. The summed E-state index contributed by atoms with van der Waals surface area (Å²) in [7, 11) is 1.80. The molecular weight excluding hydrogens is 218 g/mol. The molecule has 2 nitrogen and oxygen atoms in total. The number of ether oxygens (including phenoxy) is 1. The maximum atomic E-state index is 5.30. The smallest absolute Gasteiger partial charge is 0.0615 e. The molecule has 0 spiro atoms. The monoisotopic (exact) mass is 245 g/mol. The minimum Gasteiger partial charge on any atom is -0.383 e. The van der Waals surface area contributed by atoms with E-state index in [1.54, 1.807) is 7.11 Å². The predicted molar refractivity (Wildman–Crippen MR) is 73.2 cm³/mol. The fourth-order valence-electron chi connectivity index (χ4n) is 2.26. The van der Waals surface area contributed by atoms with Gasteiger partial charge in [0.25, 0.3) is 0 Å². The number of hydrogen-bond donors (Lipinski definition) is 1. The van der Waals surface area contributed by atoms with Gasteiger partial charge < -0.3 is 10.1 Å².